The molecule has 3 aromatic rings. The molecule has 1 aliphatic heterocycles. The molecule has 4 heterocycles. The van der Waals surface area contributed by atoms with E-state index in [0.717, 1.165) is 41.2 Å². The number of nitrogens with zero attached hydrogens (tertiary/aromatic N) is 3. The first-order chi connectivity index (χ1) is 12.7. The van der Waals surface area contributed by atoms with Gasteiger partial charge < -0.3 is 4.90 Å². The number of thiophene rings is 2. The second-order valence-electron chi connectivity index (χ2n) is 6.74. The van der Waals surface area contributed by atoms with Crippen molar-refractivity contribution in [2.45, 2.75) is 32.7 Å². The van der Waals surface area contributed by atoms with Crippen molar-refractivity contribution < 1.29 is 4.79 Å². The average molecular weight is 388 g/mol. The summed E-state index contributed by atoms with van der Waals surface area (Å²) in [5.41, 5.74) is 0.792. The Morgan fingerprint density at radius 1 is 1.38 bits per heavy atom. The number of likely N-dealkylation sites (tertiary alicyclic amines) is 1. The Kier molecular flexibility index (Phi) is 4.91. The summed E-state index contributed by atoms with van der Waals surface area (Å²) in [6, 6.07) is 3.98. The Hall–Kier alpha value is -1.99. The summed E-state index contributed by atoms with van der Waals surface area (Å²) >= 11 is 3.08. The van der Waals surface area contributed by atoms with Crippen molar-refractivity contribution in [2.75, 3.05) is 13.1 Å². The van der Waals surface area contributed by atoms with E-state index in [9.17, 15) is 9.59 Å². The monoisotopic (exact) mass is 387 g/mol. The molecule has 0 N–H and O–H groups in total. The van der Waals surface area contributed by atoms with Crippen molar-refractivity contribution in [3.63, 3.8) is 0 Å². The highest BCUT2D eigenvalue weighted by molar-refractivity contribution is 7.18. The summed E-state index contributed by atoms with van der Waals surface area (Å²) in [5, 5.41) is 4.60. The van der Waals surface area contributed by atoms with Crippen LogP contribution in [0.4, 0.5) is 0 Å². The molecular formula is C19H21N3O2S2. The zero-order chi connectivity index (χ0) is 18.1. The van der Waals surface area contributed by atoms with Gasteiger partial charge in [0.2, 0.25) is 5.91 Å². The van der Waals surface area contributed by atoms with Crippen LogP contribution in [0.2, 0.25) is 0 Å². The molecule has 0 bridgehead atoms. The molecule has 5 nitrogen and oxygen atoms in total. The Labute approximate surface area is 159 Å². The molecule has 0 radical (unpaired) electrons. The van der Waals surface area contributed by atoms with Crippen molar-refractivity contribution in [2.24, 2.45) is 5.92 Å². The topological polar surface area (TPSA) is 55.2 Å². The van der Waals surface area contributed by atoms with Crippen molar-refractivity contribution in [3.05, 3.63) is 39.6 Å². The minimum absolute atomic E-state index is 0.0132. The van der Waals surface area contributed by atoms with Gasteiger partial charge in [0.15, 0.2) is 0 Å². The number of rotatable bonds is 4. The zero-order valence-corrected chi connectivity index (χ0v) is 16.3. The molecule has 0 aliphatic carbocycles. The fraction of sp³-hybridized carbons (Fsp3) is 0.421. The number of carbonyl (C=O) groups excluding carboxylic acids is 1. The van der Waals surface area contributed by atoms with Gasteiger partial charge in [0, 0.05) is 28.9 Å². The van der Waals surface area contributed by atoms with E-state index < -0.39 is 0 Å². The van der Waals surface area contributed by atoms with Crippen molar-refractivity contribution in [3.8, 4) is 10.4 Å². The molecule has 4 rings (SSSR count). The van der Waals surface area contributed by atoms with Gasteiger partial charge in [0.25, 0.3) is 5.56 Å². The first-order valence-electron chi connectivity index (χ1n) is 8.95. The van der Waals surface area contributed by atoms with Crippen LogP contribution in [0.25, 0.3) is 20.7 Å². The lowest BCUT2D eigenvalue weighted by Crippen LogP contribution is -2.42. The van der Waals surface area contributed by atoms with Crippen LogP contribution in [0.15, 0.2) is 34.0 Å². The van der Waals surface area contributed by atoms with Crippen LogP contribution < -0.4 is 5.56 Å². The molecule has 3 aromatic heterocycles. The minimum atomic E-state index is -0.128. The normalized spacial score (nSPS) is 17.7. The summed E-state index contributed by atoms with van der Waals surface area (Å²) in [7, 11) is 0. The first-order valence-corrected chi connectivity index (χ1v) is 10.7. The number of amides is 1. The van der Waals surface area contributed by atoms with E-state index in [-0.39, 0.29) is 18.0 Å². The molecule has 7 heteroatoms. The molecule has 0 saturated carbocycles. The second kappa shape index (κ2) is 7.32. The van der Waals surface area contributed by atoms with Crippen LogP contribution in [0.3, 0.4) is 0 Å². The number of piperidine rings is 1. The van der Waals surface area contributed by atoms with Gasteiger partial charge in [-0.25, -0.2) is 4.98 Å². The standard InChI is InChI=1S/C19H21N3O2S2/c1-2-13-5-3-7-21(9-13)16(23)10-22-12-20-18-17(19(22)24)14(11-26-18)15-6-4-8-25-15/h4,6,8,11-13H,2-3,5,7,9-10H2,1H3. The number of hydrogen-bond donors (Lipinski definition) is 0. The zero-order valence-electron chi connectivity index (χ0n) is 14.7. The Bertz CT molecular complexity index is 974. The molecule has 1 fully saturated rings. The van der Waals surface area contributed by atoms with Gasteiger partial charge in [-0.15, -0.1) is 22.7 Å². The molecule has 26 heavy (non-hydrogen) atoms. The van der Waals surface area contributed by atoms with Crippen LogP contribution in [-0.4, -0.2) is 33.4 Å². The molecule has 1 aliphatic rings. The van der Waals surface area contributed by atoms with E-state index in [0.29, 0.717) is 11.3 Å². The summed E-state index contributed by atoms with van der Waals surface area (Å²) in [4.78, 5) is 33.8. The third-order valence-corrected chi connectivity index (χ3v) is 6.89. The van der Waals surface area contributed by atoms with Crippen molar-refractivity contribution >= 4 is 38.8 Å². The van der Waals surface area contributed by atoms with E-state index in [1.54, 1.807) is 11.3 Å². The molecule has 1 saturated heterocycles. The van der Waals surface area contributed by atoms with Gasteiger partial charge in [-0.3, -0.25) is 14.2 Å². The lowest BCUT2D eigenvalue weighted by Gasteiger charge is -2.32. The highest BCUT2D eigenvalue weighted by Gasteiger charge is 2.23. The maximum absolute atomic E-state index is 13.0. The molecule has 1 amide bonds. The Balaban J connectivity index is 1.63. The van der Waals surface area contributed by atoms with Gasteiger partial charge in [-0.05, 0) is 30.2 Å². The fourth-order valence-corrected chi connectivity index (χ4v) is 5.28. The summed E-state index contributed by atoms with van der Waals surface area (Å²) in [6.45, 7) is 3.83. The van der Waals surface area contributed by atoms with E-state index in [4.69, 9.17) is 0 Å². The van der Waals surface area contributed by atoms with E-state index >= 15 is 0 Å². The number of aromatic nitrogens is 2. The van der Waals surface area contributed by atoms with Gasteiger partial charge in [-0.1, -0.05) is 19.4 Å². The summed E-state index contributed by atoms with van der Waals surface area (Å²) < 4.78 is 1.46. The van der Waals surface area contributed by atoms with E-state index in [1.807, 2.05) is 27.8 Å². The van der Waals surface area contributed by atoms with Crippen LogP contribution in [-0.2, 0) is 11.3 Å². The van der Waals surface area contributed by atoms with Crippen molar-refractivity contribution in [1.82, 2.24) is 14.5 Å². The SMILES string of the molecule is CCC1CCCN(C(=O)Cn2cnc3scc(-c4cccs4)c3c2=O)C1. The number of hydrogen-bond acceptors (Lipinski definition) is 5. The Morgan fingerprint density at radius 2 is 2.27 bits per heavy atom. The van der Waals surface area contributed by atoms with E-state index in [1.165, 1.54) is 28.7 Å². The predicted molar refractivity (Wildman–Crippen MR) is 107 cm³/mol. The highest BCUT2D eigenvalue weighted by Crippen LogP contribution is 2.33. The number of fused-ring (bicyclic) bond motifs is 1. The predicted octanol–water partition coefficient (Wildman–Crippen LogP) is 3.84. The van der Waals surface area contributed by atoms with Crippen LogP contribution >= 0.6 is 22.7 Å². The van der Waals surface area contributed by atoms with Gasteiger partial charge in [0.05, 0.1) is 11.7 Å². The quantitative estimate of drug-likeness (QED) is 0.683. The number of carbonyl (C=O) groups is 1. The maximum atomic E-state index is 13.0. The van der Waals surface area contributed by atoms with Gasteiger partial charge >= 0.3 is 0 Å². The third-order valence-electron chi connectivity index (χ3n) is 5.10. The van der Waals surface area contributed by atoms with Gasteiger partial charge in [-0.2, -0.15) is 0 Å². The Morgan fingerprint density at radius 3 is 3.04 bits per heavy atom. The molecule has 136 valence electrons. The third kappa shape index (κ3) is 3.21. The molecule has 1 atom stereocenters. The lowest BCUT2D eigenvalue weighted by atomic mass is 9.96. The maximum Gasteiger partial charge on any atom is 0.263 e. The van der Waals surface area contributed by atoms with Gasteiger partial charge in [0.1, 0.15) is 11.4 Å². The lowest BCUT2D eigenvalue weighted by molar-refractivity contribution is -0.133. The summed E-state index contributed by atoms with van der Waals surface area (Å²) in [5.74, 6) is 0.589. The average Bonchev–Trinajstić information content (AvgIpc) is 3.33. The minimum Gasteiger partial charge on any atom is -0.341 e. The largest absolute Gasteiger partial charge is 0.341 e. The molecule has 0 aromatic carbocycles. The molecule has 0 spiro atoms. The van der Waals surface area contributed by atoms with Crippen LogP contribution in [0.1, 0.15) is 26.2 Å². The second-order valence-corrected chi connectivity index (χ2v) is 8.55. The summed E-state index contributed by atoms with van der Waals surface area (Å²) in [6.07, 6.45) is 4.84. The smallest absolute Gasteiger partial charge is 0.263 e. The van der Waals surface area contributed by atoms with Crippen LogP contribution in [0.5, 0.6) is 0 Å². The molecular weight excluding hydrogens is 366 g/mol. The van der Waals surface area contributed by atoms with Crippen LogP contribution in [0, 0.1) is 5.92 Å². The first kappa shape index (κ1) is 17.4. The fourth-order valence-electron chi connectivity index (χ4n) is 3.56. The highest BCUT2D eigenvalue weighted by atomic mass is 32.1. The van der Waals surface area contributed by atoms with E-state index in [2.05, 4.69) is 11.9 Å². The van der Waals surface area contributed by atoms with Crippen molar-refractivity contribution in [1.29, 1.82) is 0 Å². The molecule has 1 unspecified atom stereocenters.